The molecule has 0 saturated heterocycles. The van der Waals surface area contributed by atoms with Crippen molar-refractivity contribution < 1.29 is 14.7 Å². The molecule has 90 valence electrons. The van der Waals surface area contributed by atoms with E-state index in [0.29, 0.717) is 11.4 Å². The Morgan fingerprint density at radius 2 is 2.18 bits per heavy atom. The van der Waals surface area contributed by atoms with E-state index >= 15 is 0 Å². The van der Waals surface area contributed by atoms with Crippen LogP contribution in [0.1, 0.15) is 24.2 Å². The Hall–Kier alpha value is -1.49. The molecule has 0 unspecified atom stereocenters. The van der Waals surface area contributed by atoms with Gasteiger partial charge >= 0.3 is 5.97 Å². The molecular formula is C12H13NO3S. The number of nitrogens with zero attached hydrogens (tertiary/aromatic N) is 1. The number of carboxylic acids is 1. The summed E-state index contributed by atoms with van der Waals surface area (Å²) in [6, 6.07) is 4.95. The largest absolute Gasteiger partial charge is 0.478 e. The molecule has 1 aliphatic heterocycles. The second kappa shape index (κ2) is 4.41. The van der Waals surface area contributed by atoms with Crippen LogP contribution in [0.15, 0.2) is 23.1 Å². The average molecular weight is 251 g/mol. The number of fused-ring (bicyclic) bond motifs is 1. The number of hydrogen-bond acceptors (Lipinski definition) is 3. The highest BCUT2D eigenvalue weighted by Crippen LogP contribution is 2.36. The molecular weight excluding hydrogens is 238 g/mol. The van der Waals surface area contributed by atoms with Crippen LogP contribution in [0, 0.1) is 0 Å². The predicted molar refractivity (Wildman–Crippen MR) is 66.7 cm³/mol. The van der Waals surface area contributed by atoms with Crippen molar-refractivity contribution in [3.05, 3.63) is 23.8 Å². The summed E-state index contributed by atoms with van der Waals surface area (Å²) in [5.74, 6) is -0.531. The number of carboxylic acid groups (broad SMARTS) is 1. The smallest absolute Gasteiger partial charge is 0.335 e. The SMILES string of the molecule is CC(C)N1C(=O)CSc2ccc(C(=O)O)cc21. The molecule has 1 amide bonds. The minimum absolute atomic E-state index is 0.0278. The van der Waals surface area contributed by atoms with Crippen molar-refractivity contribution in [3.63, 3.8) is 0 Å². The van der Waals surface area contributed by atoms with Gasteiger partial charge in [0.25, 0.3) is 0 Å². The van der Waals surface area contributed by atoms with E-state index in [1.54, 1.807) is 23.1 Å². The van der Waals surface area contributed by atoms with Crippen molar-refractivity contribution in [3.8, 4) is 0 Å². The summed E-state index contributed by atoms with van der Waals surface area (Å²) < 4.78 is 0. The van der Waals surface area contributed by atoms with Crippen LogP contribution in [0.4, 0.5) is 5.69 Å². The topological polar surface area (TPSA) is 57.6 Å². The summed E-state index contributed by atoms with van der Waals surface area (Å²) in [4.78, 5) is 25.4. The van der Waals surface area contributed by atoms with Crippen LogP contribution >= 0.6 is 11.8 Å². The molecule has 1 N–H and O–H groups in total. The second-order valence-corrected chi connectivity index (χ2v) is 5.15. The van der Waals surface area contributed by atoms with Crippen molar-refractivity contribution in [1.82, 2.24) is 0 Å². The first-order valence-corrected chi connectivity index (χ1v) is 6.31. The first-order valence-electron chi connectivity index (χ1n) is 5.33. The Kier molecular flexibility index (Phi) is 3.11. The molecule has 1 aromatic carbocycles. The molecule has 0 aromatic heterocycles. The number of carbonyl (C=O) groups is 2. The third-order valence-electron chi connectivity index (χ3n) is 2.60. The molecule has 0 fully saturated rings. The fourth-order valence-electron chi connectivity index (χ4n) is 1.87. The van der Waals surface area contributed by atoms with E-state index in [2.05, 4.69) is 0 Å². The van der Waals surface area contributed by atoms with Gasteiger partial charge in [-0.05, 0) is 32.0 Å². The molecule has 0 atom stereocenters. The van der Waals surface area contributed by atoms with Crippen molar-refractivity contribution in [2.24, 2.45) is 0 Å². The molecule has 4 nitrogen and oxygen atoms in total. The summed E-state index contributed by atoms with van der Waals surface area (Å²) in [7, 11) is 0. The molecule has 1 aliphatic rings. The van der Waals surface area contributed by atoms with Gasteiger partial charge in [-0.3, -0.25) is 4.79 Å². The number of thioether (sulfide) groups is 1. The maximum absolute atomic E-state index is 11.8. The van der Waals surface area contributed by atoms with Crippen LogP contribution in [0.25, 0.3) is 0 Å². The zero-order valence-corrected chi connectivity index (χ0v) is 10.5. The lowest BCUT2D eigenvalue weighted by Gasteiger charge is -2.32. The first kappa shape index (κ1) is 12.0. The maximum atomic E-state index is 11.8. The fourth-order valence-corrected chi connectivity index (χ4v) is 2.76. The zero-order valence-electron chi connectivity index (χ0n) is 9.64. The number of benzene rings is 1. The molecule has 0 saturated carbocycles. The van der Waals surface area contributed by atoms with Gasteiger partial charge in [-0.25, -0.2) is 4.79 Å². The molecule has 5 heteroatoms. The number of rotatable bonds is 2. The Balaban J connectivity index is 2.52. The number of carbonyl (C=O) groups excluding carboxylic acids is 1. The Bertz CT molecular complexity index is 485. The van der Waals surface area contributed by atoms with Gasteiger partial charge in [0.05, 0.1) is 17.0 Å². The Labute approximate surface area is 104 Å². The monoisotopic (exact) mass is 251 g/mol. The molecule has 0 aliphatic carbocycles. The van der Waals surface area contributed by atoms with E-state index in [4.69, 9.17) is 5.11 Å². The molecule has 1 heterocycles. The number of hydrogen-bond donors (Lipinski definition) is 1. The van der Waals surface area contributed by atoms with E-state index in [1.807, 2.05) is 13.8 Å². The van der Waals surface area contributed by atoms with E-state index in [0.717, 1.165) is 4.90 Å². The summed E-state index contributed by atoms with van der Waals surface area (Å²) >= 11 is 1.45. The van der Waals surface area contributed by atoms with Crippen molar-refractivity contribution in [1.29, 1.82) is 0 Å². The zero-order chi connectivity index (χ0) is 12.6. The predicted octanol–water partition coefficient (Wildman–Crippen LogP) is 2.23. The van der Waals surface area contributed by atoms with Crippen LogP contribution in [-0.2, 0) is 4.79 Å². The van der Waals surface area contributed by atoms with Gasteiger partial charge in [-0.15, -0.1) is 11.8 Å². The van der Waals surface area contributed by atoms with E-state index in [9.17, 15) is 9.59 Å². The lowest BCUT2D eigenvalue weighted by atomic mass is 10.1. The van der Waals surface area contributed by atoms with Gasteiger partial charge in [0.15, 0.2) is 0 Å². The minimum atomic E-state index is -0.973. The van der Waals surface area contributed by atoms with Crippen LogP contribution in [0.5, 0.6) is 0 Å². The quantitative estimate of drug-likeness (QED) is 0.875. The van der Waals surface area contributed by atoms with E-state index in [1.165, 1.54) is 11.8 Å². The van der Waals surface area contributed by atoms with Gasteiger partial charge in [0.2, 0.25) is 5.91 Å². The van der Waals surface area contributed by atoms with Crippen molar-refractivity contribution in [2.45, 2.75) is 24.8 Å². The standard InChI is InChI=1S/C12H13NO3S/c1-7(2)13-9-5-8(12(15)16)3-4-10(9)17-6-11(13)14/h3-5,7H,6H2,1-2H3,(H,15,16). The normalized spacial score (nSPS) is 15.0. The number of aromatic carboxylic acids is 1. The summed E-state index contributed by atoms with van der Waals surface area (Å²) in [6.07, 6.45) is 0. The van der Waals surface area contributed by atoms with Crippen LogP contribution in [-0.4, -0.2) is 28.8 Å². The maximum Gasteiger partial charge on any atom is 0.335 e. The lowest BCUT2D eigenvalue weighted by molar-refractivity contribution is -0.116. The molecule has 0 spiro atoms. The van der Waals surface area contributed by atoms with E-state index < -0.39 is 5.97 Å². The fraction of sp³-hybridized carbons (Fsp3) is 0.333. The number of amides is 1. The minimum Gasteiger partial charge on any atom is -0.478 e. The molecule has 2 rings (SSSR count). The lowest BCUT2D eigenvalue weighted by Crippen LogP contribution is -2.40. The summed E-state index contributed by atoms with van der Waals surface area (Å²) in [6.45, 7) is 3.84. The van der Waals surface area contributed by atoms with Gasteiger partial charge in [0.1, 0.15) is 0 Å². The highest BCUT2D eigenvalue weighted by molar-refractivity contribution is 8.00. The average Bonchev–Trinajstić information content (AvgIpc) is 2.27. The number of anilines is 1. The van der Waals surface area contributed by atoms with Crippen LogP contribution < -0.4 is 4.90 Å². The Morgan fingerprint density at radius 1 is 1.47 bits per heavy atom. The second-order valence-electron chi connectivity index (χ2n) is 4.13. The van der Waals surface area contributed by atoms with Gasteiger partial charge in [-0.1, -0.05) is 0 Å². The van der Waals surface area contributed by atoms with Gasteiger partial charge in [0, 0.05) is 10.9 Å². The van der Waals surface area contributed by atoms with Crippen molar-refractivity contribution >= 4 is 29.3 Å². The van der Waals surface area contributed by atoms with Gasteiger partial charge in [-0.2, -0.15) is 0 Å². The highest BCUT2D eigenvalue weighted by Gasteiger charge is 2.27. The first-order chi connectivity index (χ1) is 8.00. The Morgan fingerprint density at radius 3 is 2.76 bits per heavy atom. The summed E-state index contributed by atoms with van der Waals surface area (Å²) in [5, 5.41) is 8.97. The molecule has 1 aromatic rings. The summed E-state index contributed by atoms with van der Waals surface area (Å²) in [5.41, 5.74) is 0.922. The van der Waals surface area contributed by atoms with Crippen molar-refractivity contribution in [2.75, 3.05) is 10.7 Å². The molecule has 0 radical (unpaired) electrons. The molecule has 0 bridgehead atoms. The van der Waals surface area contributed by atoms with Gasteiger partial charge < -0.3 is 10.0 Å². The van der Waals surface area contributed by atoms with Crippen LogP contribution in [0.3, 0.4) is 0 Å². The highest BCUT2D eigenvalue weighted by atomic mass is 32.2. The third-order valence-corrected chi connectivity index (χ3v) is 3.65. The molecule has 17 heavy (non-hydrogen) atoms. The third kappa shape index (κ3) is 2.15. The van der Waals surface area contributed by atoms with Crippen LogP contribution in [0.2, 0.25) is 0 Å². The van der Waals surface area contributed by atoms with E-state index in [-0.39, 0.29) is 17.5 Å².